The highest BCUT2D eigenvalue weighted by atomic mass is 35.5. The number of rotatable bonds is 6. The molecule has 0 atom stereocenters. The summed E-state index contributed by atoms with van der Waals surface area (Å²) < 4.78 is 30.2. The molecule has 0 unspecified atom stereocenters. The van der Waals surface area contributed by atoms with E-state index < -0.39 is 10.0 Å². The van der Waals surface area contributed by atoms with Gasteiger partial charge in [0.15, 0.2) is 0 Å². The molecule has 1 aromatic heterocycles. The van der Waals surface area contributed by atoms with E-state index in [9.17, 15) is 13.2 Å². The molecule has 3 N–H and O–H groups in total. The Balaban J connectivity index is 0.00000288. The number of benzene rings is 1. The Morgan fingerprint density at radius 1 is 1.25 bits per heavy atom. The predicted octanol–water partition coefficient (Wildman–Crippen LogP) is 1.34. The fourth-order valence-corrected chi connectivity index (χ4v) is 2.78. The summed E-state index contributed by atoms with van der Waals surface area (Å²) in [6.07, 6.45) is 1.35. The molecule has 1 aromatic carbocycles. The number of hydrogen-bond donors (Lipinski definition) is 2. The van der Waals surface area contributed by atoms with Gasteiger partial charge in [-0.25, -0.2) is 12.7 Å². The van der Waals surface area contributed by atoms with Crippen molar-refractivity contribution in [2.45, 2.75) is 18.0 Å². The summed E-state index contributed by atoms with van der Waals surface area (Å²) in [5, 5.41) is 2.73. The maximum Gasteiger partial charge on any atom is 0.254 e. The molecule has 0 spiro atoms. The first-order valence-electron chi connectivity index (χ1n) is 6.91. The van der Waals surface area contributed by atoms with Gasteiger partial charge in [-0.2, -0.15) is 0 Å². The number of nitrogens with two attached hydrogens (primary N) is 1. The van der Waals surface area contributed by atoms with Crippen LogP contribution in [0, 0.1) is 0 Å². The van der Waals surface area contributed by atoms with Gasteiger partial charge < -0.3 is 15.5 Å². The van der Waals surface area contributed by atoms with Crippen LogP contribution in [-0.2, 0) is 23.1 Å². The molecule has 0 saturated heterocycles. The van der Waals surface area contributed by atoms with Crippen LogP contribution in [-0.4, -0.2) is 32.7 Å². The fraction of sp³-hybridized carbons (Fsp3) is 0.267. The molecule has 24 heavy (non-hydrogen) atoms. The van der Waals surface area contributed by atoms with Crippen LogP contribution in [0.5, 0.6) is 0 Å². The van der Waals surface area contributed by atoms with Crippen LogP contribution >= 0.6 is 12.4 Å². The summed E-state index contributed by atoms with van der Waals surface area (Å²) in [5.74, 6) is 0.256. The second-order valence-electron chi connectivity index (χ2n) is 5.12. The highest BCUT2D eigenvalue weighted by Crippen LogP contribution is 2.14. The molecule has 0 aliphatic carbocycles. The molecule has 0 aliphatic rings. The zero-order valence-corrected chi connectivity index (χ0v) is 15.0. The Bertz CT molecular complexity index is 785. The Kier molecular flexibility index (Phi) is 6.97. The highest BCUT2D eigenvalue weighted by Gasteiger charge is 2.16. The van der Waals surface area contributed by atoms with E-state index in [2.05, 4.69) is 5.32 Å². The molecule has 1 heterocycles. The van der Waals surface area contributed by atoms with Gasteiger partial charge in [-0.05, 0) is 23.8 Å². The van der Waals surface area contributed by atoms with Crippen molar-refractivity contribution in [2.75, 3.05) is 14.1 Å². The number of nitrogens with one attached hydrogen (secondary N) is 1. The quantitative estimate of drug-likeness (QED) is 0.794. The summed E-state index contributed by atoms with van der Waals surface area (Å²) in [4.78, 5) is 12.2. The molecule has 0 bridgehead atoms. The lowest BCUT2D eigenvalue weighted by molar-refractivity contribution is 0.0950. The Hall–Kier alpha value is -1.87. The zero-order valence-electron chi connectivity index (χ0n) is 13.4. The zero-order chi connectivity index (χ0) is 17.0. The Morgan fingerprint density at radius 3 is 2.38 bits per heavy atom. The maximum atomic E-state index is 12.0. The van der Waals surface area contributed by atoms with Gasteiger partial charge in [0, 0.05) is 20.6 Å². The third-order valence-corrected chi connectivity index (χ3v) is 5.10. The minimum absolute atomic E-state index is 0. The van der Waals surface area contributed by atoms with E-state index in [0.717, 1.165) is 9.87 Å². The first kappa shape index (κ1) is 20.2. The van der Waals surface area contributed by atoms with E-state index in [1.165, 1.54) is 32.5 Å². The summed E-state index contributed by atoms with van der Waals surface area (Å²) in [7, 11) is -0.494. The van der Waals surface area contributed by atoms with E-state index in [-0.39, 0.29) is 36.3 Å². The molecule has 0 aliphatic heterocycles. The van der Waals surface area contributed by atoms with Crippen molar-refractivity contribution < 1.29 is 17.6 Å². The summed E-state index contributed by atoms with van der Waals surface area (Å²) >= 11 is 0. The molecular weight excluding hydrogens is 354 g/mol. The third kappa shape index (κ3) is 4.57. The third-order valence-electron chi connectivity index (χ3n) is 3.27. The lowest BCUT2D eigenvalue weighted by Crippen LogP contribution is -2.23. The smallest absolute Gasteiger partial charge is 0.254 e. The number of carbonyl (C=O) groups is 1. The molecule has 2 rings (SSSR count). The van der Waals surface area contributed by atoms with Gasteiger partial charge in [0.05, 0.1) is 17.0 Å². The summed E-state index contributed by atoms with van der Waals surface area (Å²) in [6, 6.07) is 7.94. The van der Waals surface area contributed by atoms with Gasteiger partial charge in [0.1, 0.15) is 12.0 Å². The largest absolute Gasteiger partial charge is 0.467 e. The van der Waals surface area contributed by atoms with Gasteiger partial charge in [-0.1, -0.05) is 12.1 Å². The van der Waals surface area contributed by atoms with Gasteiger partial charge in [0.2, 0.25) is 10.0 Å². The van der Waals surface area contributed by atoms with E-state index in [4.69, 9.17) is 10.2 Å². The SMILES string of the molecule is CN(C)S(=O)(=O)c1ccc(CNC(=O)c2coc(CN)c2)cc1.Cl. The van der Waals surface area contributed by atoms with Crippen LogP contribution in [0.15, 0.2) is 45.9 Å². The molecule has 0 fully saturated rings. The lowest BCUT2D eigenvalue weighted by Gasteiger charge is -2.11. The number of hydrogen-bond acceptors (Lipinski definition) is 5. The van der Waals surface area contributed by atoms with Crippen molar-refractivity contribution in [1.29, 1.82) is 0 Å². The number of nitrogens with zero attached hydrogens (tertiary/aromatic N) is 1. The van der Waals surface area contributed by atoms with Crippen molar-refractivity contribution in [3.05, 3.63) is 53.5 Å². The second kappa shape index (κ2) is 8.29. The van der Waals surface area contributed by atoms with Crippen molar-refractivity contribution in [2.24, 2.45) is 5.73 Å². The highest BCUT2D eigenvalue weighted by molar-refractivity contribution is 7.89. The first-order chi connectivity index (χ1) is 10.8. The van der Waals surface area contributed by atoms with E-state index in [0.29, 0.717) is 11.3 Å². The number of furan rings is 1. The molecule has 9 heteroatoms. The molecule has 0 radical (unpaired) electrons. The monoisotopic (exact) mass is 373 g/mol. The van der Waals surface area contributed by atoms with E-state index in [1.54, 1.807) is 18.2 Å². The minimum atomic E-state index is -3.45. The molecule has 7 nitrogen and oxygen atoms in total. The van der Waals surface area contributed by atoms with Crippen LogP contribution in [0.4, 0.5) is 0 Å². The topological polar surface area (TPSA) is 106 Å². The normalized spacial score (nSPS) is 11.2. The number of sulfonamides is 1. The van der Waals surface area contributed by atoms with Gasteiger partial charge in [-0.3, -0.25) is 4.79 Å². The predicted molar refractivity (Wildman–Crippen MR) is 92.3 cm³/mol. The molecule has 0 saturated carbocycles. The minimum Gasteiger partial charge on any atom is -0.467 e. The molecule has 2 aromatic rings. The first-order valence-corrected chi connectivity index (χ1v) is 8.35. The summed E-state index contributed by atoms with van der Waals surface area (Å²) in [6.45, 7) is 0.513. The van der Waals surface area contributed by atoms with Crippen molar-refractivity contribution in [1.82, 2.24) is 9.62 Å². The maximum absolute atomic E-state index is 12.0. The molecule has 1 amide bonds. The van der Waals surface area contributed by atoms with Crippen LogP contribution < -0.4 is 11.1 Å². The van der Waals surface area contributed by atoms with Gasteiger partial charge in [-0.15, -0.1) is 12.4 Å². The number of halogens is 1. The average Bonchev–Trinajstić information content (AvgIpc) is 3.02. The fourth-order valence-electron chi connectivity index (χ4n) is 1.88. The van der Waals surface area contributed by atoms with Gasteiger partial charge >= 0.3 is 0 Å². The lowest BCUT2D eigenvalue weighted by atomic mass is 10.2. The standard InChI is InChI=1S/C15H19N3O4S.ClH/c1-18(2)23(20,21)14-5-3-11(4-6-14)9-17-15(19)12-7-13(8-16)22-10-12;/h3-7,10H,8-9,16H2,1-2H3,(H,17,19);1H. The number of amides is 1. The number of carbonyl (C=O) groups excluding carboxylic acids is 1. The van der Waals surface area contributed by atoms with Crippen molar-refractivity contribution in [3.63, 3.8) is 0 Å². The second-order valence-corrected chi connectivity index (χ2v) is 7.27. The van der Waals surface area contributed by atoms with Crippen LogP contribution in [0.2, 0.25) is 0 Å². The molecular formula is C15H20ClN3O4S. The van der Waals surface area contributed by atoms with Crippen LogP contribution in [0.3, 0.4) is 0 Å². The van der Waals surface area contributed by atoms with Gasteiger partial charge in [0.25, 0.3) is 5.91 Å². The van der Waals surface area contributed by atoms with E-state index in [1.807, 2.05) is 0 Å². The van der Waals surface area contributed by atoms with E-state index >= 15 is 0 Å². The summed E-state index contributed by atoms with van der Waals surface area (Å²) in [5.41, 5.74) is 6.61. The average molecular weight is 374 g/mol. The Labute approximate surface area is 147 Å². The van der Waals surface area contributed by atoms with Crippen molar-refractivity contribution in [3.8, 4) is 0 Å². The Morgan fingerprint density at radius 2 is 1.88 bits per heavy atom. The van der Waals surface area contributed by atoms with Crippen LogP contribution in [0.1, 0.15) is 21.7 Å². The van der Waals surface area contributed by atoms with Crippen molar-refractivity contribution >= 4 is 28.3 Å². The van der Waals surface area contributed by atoms with Crippen LogP contribution in [0.25, 0.3) is 0 Å². The molecule has 132 valence electrons.